The lowest BCUT2D eigenvalue weighted by Crippen LogP contribution is -2.18. The Kier molecular flexibility index (Phi) is 5.26. The van der Waals surface area contributed by atoms with Crippen LogP contribution in [0.3, 0.4) is 0 Å². The van der Waals surface area contributed by atoms with Gasteiger partial charge in [0.1, 0.15) is 5.75 Å². The zero-order valence-corrected chi connectivity index (χ0v) is 11.3. The van der Waals surface area contributed by atoms with E-state index < -0.39 is 0 Å². The fourth-order valence-corrected chi connectivity index (χ4v) is 1.97. The molecule has 1 aromatic rings. The van der Waals surface area contributed by atoms with Crippen LogP contribution < -0.4 is 9.64 Å². The molecule has 0 aliphatic heterocycles. The summed E-state index contributed by atoms with van der Waals surface area (Å²) in [5.41, 5.74) is 1.16. The Morgan fingerprint density at radius 1 is 1.47 bits per heavy atom. The van der Waals surface area contributed by atoms with E-state index >= 15 is 0 Å². The van der Waals surface area contributed by atoms with Gasteiger partial charge in [-0.2, -0.15) is 0 Å². The van der Waals surface area contributed by atoms with Crippen molar-refractivity contribution in [2.24, 2.45) is 0 Å². The van der Waals surface area contributed by atoms with Crippen LogP contribution in [-0.4, -0.2) is 26.6 Å². The lowest BCUT2D eigenvalue weighted by Gasteiger charge is -2.19. The average Bonchev–Trinajstić information content (AvgIpc) is 2.25. The molecule has 0 bridgehead atoms. The zero-order chi connectivity index (χ0) is 11.3. The van der Waals surface area contributed by atoms with Crippen LogP contribution in [-0.2, 0) is 0 Å². The van der Waals surface area contributed by atoms with E-state index in [-0.39, 0.29) is 0 Å². The van der Waals surface area contributed by atoms with Gasteiger partial charge in [-0.25, -0.2) is 0 Å². The molecule has 0 fully saturated rings. The summed E-state index contributed by atoms with van der Waals surface area (Å²) in [7, 11) is 3.72. The van der Waals surface area contributed by atoms with E-state index in [2.05, 4.69) is 27.9 Å². The summed E-state index contributed by atoms with van der Waals surface area (Å²) in [5, 5.41) is 0. The Labute approximate surface area is 104 Å². The number of methoxy groups -OCH3 is 1. The van der Waals surface area contributed by atoms with E-state index in [9.17, 15) is 0 Å². The lowest BCUT2D eigenvalue weighted by atomic mass is 10.2. The highest BCUT2D eigenvalue weighted by Crippen LogP contribution is 2.29. The molecule has 0 radical (unpaired) electrons. The fraction of sp³-hybridized carbons (Fsp3) is 0.455. The van der Waals surface area contributed by atoms with E-state index in [0.717, 1.165) is 28.9 Å². The van der Waals surface area contributed by atoms with Crippen LogP contribution in [0.5, 0.6) is 5.75 Å². The number of rotatable bonds is 5. The molecule has 0 heterocycles. The number of benzene rings is 1. The minimum absolute atomic E-state index is 0.696. The van der Waals surface area contributed by atoms with Gasteiger partial charge in [0.05, 0.1) is 11.6 Å². The first kappa shape index (κ1) is 12.7. The standard InChI is InChI=1S/C11H15BrClNO/c1-14(7-3-6-13)9-4-5-11(15-2)10(12)8-9/h4-5,8H,3,6-7H2,1-2H3. The summed E-state index contributed by atoms with van der Waals surface area (Å²) >= 11 is 9.12. The van der Waals surface area contributed by atoms with Crippen LogP contribution in [0.15, 0.2) is 22.7 Å². The van der Waals surface area contributed by atoms with Crippen molar-refractivity contribution < 1.29 is 4.74 Å². The largest absolute Gasteiger partial charge is 0.496 e. The second kappa shape index (κ2) is 6.23. The van der Waals surface area contributed by atoms with Crippen LogP contribution in [0.25, 0.3) is 0 Å². The fourth-order valence-electron chi connectivity index (χ4n) is 1.32. The highest BCUT2D eigenvalue weighted by Gasteiger charge is 2.04. The normalized spacial score (nSPS) is 10.1. The maximum atomic E-state index is 5.66. The first-order valence-electron chi connectivity index (χ1n) is 4.79. The zero-order valence-electron chi connectivity index (χ0n) is 8.96. The molecule has 1 rings (SSSR count). The number of anilines is 1. The van der Waals surface area contributed by atoms with Gasteiger partial charge >= 0.3 is 0 Å². The maximum Gasteiger partial charge on any atom is 0.133 e. The molecular weight excluding hydrogens is 277 g/mol. The molecule has 1 aromatic carbocycles. The molecule has 0 amide bonds. The van der Waals surface area contributed by atoms with Crippen molar-refractivity contribution in [3.63, 3.8) is 0 Å². The van der Waals surface area contributed by atoms with Gasteiger partial charge in [-0.3, -0.25) is 0 Å². The topological polar surface area (TPSA) is 12.5 Å². The Morgan fingerprint density at radius 3 is 2.73 bits per heavy atom. The van der Waals surface area contributed by atoms with Gasteiger partial charge < -0.3 is 9.64 Å². The lowest BCUT2D eigenvalue weighted by molar-refractivity contribution is 0.412. The molecule has 0 spiro atoms. The molecule has 0 aliphatic carbocycles. The molecule has 2 nitrogen and oxygen atoms in total. The number of hydrogen-bond acceptors (Lipinski definition) is 2. The predicted octanol–water partition coefficient (Wildman–Crippen LogP) is 3.52. The summed E-state index contributed by atoms with van der Waals surface area (Å²) in [6, 6.07) is 6.04. The van der Waals surface area contributed by atoms with Crippen LogP contribution in [0, 0.1) is 0 Å². The van der Waals surface area contributed by atoms with Crippen LogP contribution in [0.1, 0.15) is 6.42 Å². The SMILES string of the molecule is COc1ccc(N(C)CCCCl)cc1Br. The van der Waals surface area contributed by atoms with Gasteiger partial charge in [0.15, 0.2) is 0 Å². The Hall–Kier alpha value is -0.410. The van der Waals surface area contributed by atoms with Crippen molar-refractivity contribution >= 4 is 33.2 Å². The van der Waals surface area contributed by atoms with Gasteiger partial charge in [0.25, 0.3) is 0 Å². The van der Waals surface area contributed by atoms with Gasteiger partial charge in [0.2, 0.25) is 0 Å². The Morgan fingerprint density at radius 2 is 2.20 bits per heavy atom. The first-order valence-corrected chi connectivity index (χ1v) is 6.12. The third-order valence-electron chi connectivity index (χ3n) is 2.20. The summed E-state index contributed by atoms with van der Waals surface area (Å²) < 4.78 is 6.15. The highest BCUT2D eigenvalue weighted by molar-refractivity contribution is 9.10. The van der Waals surface area contributed by atoms with E-state index in [4.69, 9.17) is 16.3 Å². The minimum Gasteiger partial charge on any atom is -0.496 e. The molecule has 0 N–H and O–H groups in total. The average molecular weight is 293 g/mol. The van der Waals surface area contributed by atoms with Gasteiger partial charge in [-0.1, -0.05) is 0 Å². The minimum atomic E-state index is 0.696. The molecule has 4 heteroatoms. The van der Waals surface area contributed by atoms with Gasteiger partial charge in [-0.05, 0) is 40.5 Å². The second-order valence-electron chi connectivity index (χ2n) is 3.28. The molecule has 0 atom stereocenters. The van der Waals surface area contributed by atoms with E-state index in [1.54, 1.807) is 7.11 Å². The third kappa shape index (κ3) is 3.58. The maximum absolute atomic E-state index is 5.66. The molecule has 0 aliphatic rings. The summed E-state index contributed by atoms with van der Waals surface area (Å²) in [4.78, 5) is 2.17. The van der Waals surface area contributed by atoms with Gasteiger partial charge in [-0.15, -0.1) is 11.6 Å². The van der Waals surface area contributed by atoms with Gasteiger partial charge in [0, 0.05) is 25.2 Å². The molecule has 0 unspecified atom stereocenters. The molecule has 0 aromatic heterocycles. The second-order valence-corrected chi connectivity index (χ2v) is 4.52. The number of ether oxygens (including phenoxy) is 1. The summed E-state index contributed by atoms with van der Waals surface area (Å²) in [6.45, 7) is 0.961. The predicted molar refractivity (Wildman–Crippen MR) is 69.3 cm³/mol. The van der Waals surface area contributed by atoms with Crippen molar-refractivity contribution in [2.45, 2.75) is 6.42 Å². The number of halogens is 2. The monoisotopic (exact) mass is 291 g/mol. The van der Waals surface area contributed by atoms with Crippen LogP contribution in [0.4, 0.5) is 5.69 Å². The number of hydrogen-bond donors (Lipinski definition) is 0. The van der Waals surface area contributed by atoms with Crippen molar-refractivity contribution in [3.05, 3.63) is 22.7 Å². The summed E-state index contributed by atoms with van der Waals surface area (Å²) in [6.07, 6.45) is 0.988. The molecule has 0 saturated heterocycles. The Balaban J connectivity index is 2.73. The van der Waals surface area contributed by atoms with E-state index in [1.165, 1.54) is 0 Å². The van der Waals surface area contributed by atoms with Crippen molar-refractivity contribution in [2.75, 3.05) is 31.5 Å². The van der Waals surface area contributed by atoms with Crippen molar-refractivity contribution in [1.29, 1.82) is 0 Å². The number of alkyl halides is 1. The van der Waals surface area contributed by atoms with Crippen molar-refractivity contribution in [1.82, 2.24) is 0 Å². The molecule has 84 valence electrons. The third-order valence-corrected chi connectivity index (χ3v) is 3.09. The number of nitrogens with zero attached hydrogens (tertiary/aromatic N) is 1. The quantitative estimate of drug-likeness (QED) is 0.770. The molecule has 0 saturated carbocycles. The van der Waals surface area contributed by atoms with Crippen LogP contribution in [0.2, 0.25) is 0 Å². The first-order chi connectivity index (χ1) is 7.19. The highest BCUT2D eigenvalue weighted by atomic mass is 79.9. The van der Waals surface area contributed by atoms with E-state index in [1.807, 2.05) is 18.2 Å². The smallest absolute Gasteiger partial charge is 0.133 e. The van der Waals surface area contributed by atoms with Crippen molar-refractivity contribution in [3.8, 4) is 5.75 Å². The van der Waals surface area contributed by atoms with Crippen LogP contribution >= 0.6 is 27.5 Å². The molecule has 15 heavy (non-hydrogen) atoms. The summed E-state index contributed by atoms with van der Waals surface area (Å²) in [5.74, 6) is 1.55. The Bertz CT molecular complexity index is 319. The van der Waals surface area contributed by atoms with E-state index in [0.29, 0.717) is 5.88 Å². The molecular formula is C11H15BrClNO.